The van der Waals surface area contributed by atoms with E-state index in [0.717, 1.165) is 6.08 Å². The predicted octanol–water partition coefficient (Wildman–Crippen LogP) is -0.423. The highest BCUT2D eigenvalue weighted by Crippen LogP contribution is 1.91. The van der Waals surface area contributed by atoms with Crippen molar-refractivity contribution in [2.75, 3.05) is 0 Å². The largest absolute Gasteiger partial charge is 0.479 e. The first-order chi connectivity index (χ1) is 4.68. The van der Waals surface area contributed by atoms with Crippen LogP contribution in [0, 0.1) is 0 Å². The summed E-state index contributed by atoms with van der Waals surface area (Å²) >= 11 is 0. The van der Waals surface area contributed by atoms with E-state index in [0.29, 0.717) is 6.29 Å². The van der Waals surface area contributed by atoms with Gasteiger partial charge in [0.2, 0.25) is 0 Å². The second-order valence-electron chi connectivity index (χ2n) is 1.65. The first-order valence-corrected chi connectivity index (χ1v) is 2.69. The van der Waals surface area contributed by atoms with Gasteiger partial charge in [0, 0.05) is 6.42 Å². The number of hydrogen-bond donors (Lipinski definition) is 2. The molecule has 56 valence electrons. The fraction of sp³-hybridized carbons (Fsp3) is 0.333. The Labute approximate surface area is 57.8 Å². The number of aliphatic hydroxyl groups is 1. The van der Waals surface area contributed by atoms with Crippen LogP contribution in [0.25, 0.3) is 0 Å². The number of carboxylic acids is 1. The molecule has 0 aliphatic carbocycles. The van der Waals surface area contributed by atoms with Crippen LogP contribution in [0.15, 0.2) is 12.2 Å². The zero-order chi connectivity index (χ0) is 7.98. The van der Waals surface area contributed by atoms with Crippen LogP contribution in [-0.4, -0.2) is 28.6 Å². The third kappa shape index (κ3) is 3.80. The zero-order valence-corrected chi connectivity index (χ0v) is 5.23. The molecule has 0 spiro atoms. The number of carbonyl (C=O) groups excluding carboxylic acids is 1. The van der Waals surface area contributed by atoms with E-state index in [9.17, 15) is 9.59 Å². The normalized spacial score (nSPS) is 13.3. The molecule has 0 aliphatic rings. The van der Waals surface area contributed by atoms with Crippen LogP contribution in [0.4, 0.5) is 0 Å². The summed E-state index contributed by atoms with van der Waals surface area (Å²) in [6, 6.07) is 0. The Morgan fingerprint density at radius 1 is 1.60 bits per heavy atom. The Balaban J connectivity index is 3.58. The van der Waals surface area contributed by atoms with Crippen molar-refractivity contribution in [3.63, 3.8) is 0 Å². The first-order valence-electron chi connectivity index (χ1n) is 2.69. The smallest absolute Gasteiger partial charge is 0.332 e. The van der Waals surface area contributed by atoms with Gasteiger partial charge in [-0.3, -0.25) is 4.79 Å². The van der Waals surface area contributed by atoms with Gasteiger partial charge < -0.3 is 10.2 Å². The van der Waals surface area contributed by atoms with Crippen LogP contribution >= 0.6 is 0 Å². The van der Waals surface area contributed by atoms with Crippen molar-refractivity contribution in [2.45, 2.75) is 12.5 Å². The van der Waals surface area contributed by atoms with Gasteiger partial charge in [-0.2, -0.15) is 0 Å². The van der Waals surface area contributed by atoms with Crippen molar-refractivity contribution in [3.8, 4) is 0 Å². The van der Waals surface area contributed by atoms with Gasteiger partial charge in [0.1, 0.15) is 6.29 Å². The Hall–Kier alpha value is -1.16. The number of aldehydes is 1. The van der Waals surface area contributed by atoms with Crippen molar-refractivity contribution in [1.29, 1.82) is 0 Å². The molecular formula is C6H8O4. The minimum atomic E-state index is -1.41. The van der Waals surface area contributed by atoms with Crippen molar-refractivity contribution in [2.24, 2.45) is 0 Å². The van der Waals surface area contributed by atoms with Crippen LogP contribution in [0.1, 0.15) is 6.42 Å². The Bertz CT molecular complexity index is 150. The fourth-order valence-electron chi connectivity index (χ4n) is 0.364. The topological polar surface area (TPSA) is 74.6 Å². The van der Waals surface area contributed by atoms with Crippen LogP contribution in [0.5, 0.6) is 0 Å². The summed E-state index contributed by atoms with van der Waals surface area (Å²) in [5.74, 6) is -1.28. The Morgan fingerprint density at radius 3 is 2.60 bits per heavy atom. The van der Waals surface area contributed by atoms with Gasteiger partial charge in [-0.15, -0.1) is 0 Å². The number of aliphatic carboxylic acids is 1. The molecule has 1 atom stereocenters. The highest BCUT2D eigenvalue weighted by atomic mass is 16.4. The minimum Gasteiger partial charge on any atom is -0.479 e. The number of allylic oxidation sites excluding steroid dienone is 1. The van der Waals surface area contributed by atoms with Crippen LogP contribution < -0.4 is 0 Å². The molecule has 0 aliphatic heterocycles. The van der Waals surface area contributed by atoms with E-state index in [-0.39, 0.29) is 6.42 Å². The summed E-state index contributed by atoms with van der Waals surface area (Å²) in [5.41, 5.74) is 0. The lowest BCUT2D eigenvalue weighted by Gasteiger charge is -1.97. The van der Waals surface area contributed by atoms with Crippen molar-refractivity contribution in [1.82, 2.24) is 0 Å². The Morgan fingerprint density at radius 2 is 2.20 bits per heavy atom. The van der Waals surface area contributed by atoms with Crippen molar-refractivity contribution in [3.05, 3.63) is 12.2 Å². The van der Waals surface area contributed by atoms with Gasteiger partial charge in [-0.25, -0.2) is 4.79 Å². The molecule has 0 heterocycles. The monoisotopic (exact) mass is 144 g/mol. The first kappa shape index (κ1) is 8.84. The van der Waals surface area contributed by atoms with Gasteiger partial charge in [0.05, 0.1) is 0 Å². The summed E-state index contributed by atoms with van der Waals surface area (Å²) in [7, 11) is 0. The molecule has 0 rings (SSSR count). The van der Waals surface area contributed by atoms with Crippen molar-refractivity contribution < 1.29 is 19.8 Å². The molecule has 4 heteroatoms. The highest BCUT2D eigenvalue weighted by molar-refractivity contribution is 5.72. The molecule has 0 aromatic rings. The van der Waals surface area contributed by atoms with E-state index in [4.69, 9.17) is 10.2 Å². The number of carboxylic acid groups (broad SMARTS) is 1. The molecule has 1 unspecified atom stereocenters. The third-order valence-corrected chi connectivity index (χ3v) is 0.859. The maximum Gasteiger partial charge on any atom is 0.332 e. The summed E-state index contributed by atoms with van der Waals surface area (Å²) < 4.78 is 0. The van der Waals surface area contributed by atoms with E-state index in [1.54, 1.807) is 0 Å². The van der Waals surface area contributed by atoms with E-state index in [1.165, 1.54) is 6.08 Å². The van der Waals surface area contributed by atoms with E-state index < -0.39 is 12.1 Å². The molecule has 0 bridgehead atoms. The number of aliphatic hydroxyl groups excluding tert-OH is 1. The molecule has 0 saturated carbocycles. The zero-order valence-electron chi connectivity index (χ0n) is 5.23. The van der Waals surface area contributed by atoms with Gasteiger partial charge >= 0.3 is 5.97 Å². The average Bonchev–Trinajstić information content (AvgIpc) is 1.88. The molecule has 0 aromatic heterocycles. The summed E-state index contributed by atoms with van der Waals surface area (Å²) in [4.78, 5) is 19.6. The van der Waals surface area contributed by atoms with Crippen LogP contribution in [0.3, 0.4) is 0 Å². The summed E-state index contributed by atoms with van der Waals surface area (Å²) in [6.07, 6.45) is 1.52. The highest BCUT2D eigenvalue weighted by Gasteiger charge is 2.09. The molecule has 0 radical (unpaired) electrons. The Kier molecular flexibility index (Phi) is 4.15. The minimum absolute atomic E-state index is 0.0337. The molecule has 10 heavy (non-hydrogen) atoms. The quantitative estimate of drug-likeness (QED) is 0.415. The van der Waals surface area contributed by atoms with Gasteiger partial charge in [0.25, 0.3) is 0 Å². The molecule has 0 aromatic carbocycles. The molecule has 0 fully saturated rings. The summed E-state index contributed by atoms with van der Waals surface area (Å²) in [5, 5.41) is 16.7. The predicted molar refractivity (Wildman–Crippen MR) is 33.5 cm³/mol. The fourth-order valence-corrected chi connectivity index (χ4v) is 0.364. The standard InChI is InChI=1S/C6H8O4/c7-4-2-1-3-5(8)6(9)10/h1-2,4-5,8H,3H2,(H,9,10)/b2-1+. The second-order valence-corrected chi connectivity index (χ2v) is 1.65. The molecule has 2 N–H and O–H groups in total. The van der Waals surface area contributed by atoms with Crippen LogP contribution in [-0.2, 0) is 9.59 Å². The maximum atomic E-state index is 9.92. The van der Waals surface area contributed by atoms with E-state index >= 15 is 0 Å². The molecule has 0 saturated heterocycles. The van der Waals surface area contributed by atoms with E-state index in [1.807, 2.05) is 0 Å². The van der Waals surface area contributed by atoms with Gasteiger partial charge in [-0.1, -0.05) is 6.08 Å². The lowest BCUT2D eigenvalue weighted by atomic mass is 10.2. The van der Waals surface area contributed by atoms with Gasteiger partial charge in [-0.05, 0) is 6.08 Å². The number of rotatable bonds is 4. The lowest BCUT2D eigenvalue weighted by molar-refractivity contribution is -0.146. The SMILES string of the molecule is O=C/C=C/CC(O)C(=O)O. The third-order valence-electron chi connectivity index (χ3n) is 0.859. The lowest BCUT2D eigenvalue weighted by Crippen LogP contribution is -2.17. The molecular weight excluding hydrogens is 136 g/mol. The molecule has 4 nitrogen and oxygen atoms in total. The average molecular weight is 144 g/mol. The van der Waals surface area contributed by atoms with E-state index in [2.05, 4.69) is 0 Å². The number of carbonyl (C=O) groups is 2. The molecule has 0 amide bonds. The van der Waals surface area contributed by atoms with Crippen LogP contribution in [0.2, 0.25) is 0 Å². The second kappa shape index (κ2) is 4.69. The summed E-state index contributed by atoms with van der Waals surface area (Å²) in [6.45, 7) is 0. The maximum absolute atomic E-state index is 9.92. The number of hydrogen-bond acceptors (Lipinski definition) is 3. The van der Waals surface area contributed by atoms with Gasteiger partial charge in [0.15, 0.2) is 6.10 Å². The van der Waals surface area contributed by atoms with Crippen molar-refractivity contribution >= 4 is 12.3 Å².